The second-order valence-electron chi connectivity index (χ2n) is 7.31. The Kier molecular flexibility index (Phi) is 11.7. The minimum absolute atomic E-state index is 0. The van der Waals surface area contributed by atoms with E-state index in [9.17, 15) is 9.59 Å². The predicted octanol–water partition coefficient (Wildman–Crippen LogP) is 0.725. The van der Waals surface area contributed by atoms with E-state index < -0.39 is 0 Å². The smallest absolute Gasteiger partial charge is 0.239 e. The molecule has 0 aromatic carbocycles. The highest BCUT2D eigenvalue weighted by molar-refractivity contribution is 14.0. The first-order chi connectivity index (χ1) is 13.1. The third-order valence-electron chi connectivity index (χ3n) is 5.36. The maximum atomic E-state index is 12.6. The summed E-state index contributed by atoms with van der Waals surface area (Å²) in [5, 5.41) is 6.16. The summed E-state index contributed by atoms with van der Waals surface area (Å²) in [6.45, 7) is 10.5. The Morgan fingerprint density at radius 3 is 2.18 bits per heavy atom. The zero-order valence-corrected chi connectivity index (χ0v) is 19.9. The van der Waals surface area contributed by atoms with Crippen LogP contribution in [0.1, 0.15) is 39.5 Å². The van der Waals surface area contributed by atoms with Crippen LogP contribution in [0.4, 0.5) is 0 Å². The fourth-order valence-corrected chi connectivity index (χ4v) is 3.65. The third kappa shape index (κ3) is 7.38. The number of nitrogens with zero attached hydrogens (tertiary/aromatic N) is 4. The van der Waals surface area contributed by atoms with Gasteiger partial charge in [-0.25, -0.2) is 0 Å². The summed E-state index contributed by atoms with van der Waals surface area (Å²) in [6, 6.07) is -0.0533. The minimum atomic E-state index is -0.0533. The molecule has 2 N–H and O–H groups in total. The average molecular weight is 508 g/mol. The van der Waals surface area contributed by atoms with Gasteiger partial charge >= 0.3 is 0 Å². The first-order valence-corrected chi connectivity index (χ1v) is 10.3. The summed E-state index contributed by atoms with van der Waals surface area (Å²) in [5.41, 5.74) is 0. The molecule has 162 valence electrons. The van der Waals surface area contributed by atoms with Crippen molar-refractivity contribution in [2.24, 2.45) is 4.99 Å². The van der Waals surface area contributed by atoms with Gasteiger partial charge in [0.2, 0.25) is 11.8 Å². The molecule has 0 saturated carbocycles. The van der Waals surface area contributed by atoms with Gasteiger partial charge in [0.15, 0.2) is 5.96 Å². The van der Waals surface area contributed by atoms with Gasteiger partial charge in [0, 0.05) is 65.8 Å². The van der Waals surface area contributed by atoms with Crippen LogP contribution in [0.3, 0.4) is 0 Å². The lowest BCUT2D eigenvalue weighted by molar-refractivity contribution is -0.135. The van der Waals surface area contributed by atoms with Crippen LogP contribution in [-0.4, -0.2) is 97.9 Å². The number of carbonyl (C=O) groups excluding carboxylic acids is 2. The van der Waals surface area contributed by atoms with Crippen molar-refractivity contribution in [1.82, 2.24) is 25.3 Å². The van der Waals surface area contributed by atoms with E-state index in [2.05, 4.69) is 25.4 Å². The van der Waals surface area contributed by atoms with Gasteiger partial charge < -0.3 is 20.4 Å². The lowest BCUT2D eigenvalue weighted by atomic mass is 10.2. The summed E-state index contributed by atoms with van der Waals surface area (Å²) in [5.74, 6) is 1.16. The number of halogens is 1. The topological polar surface area (TPSA) is 80.3 Å². The Labute approximate surface area is 186 Å². The molecule has 1 atom stereocenters. The Balaban J connectivity index is 0.00000392. The van der Waals surface area contributed by atoms with Crippen molar-refractivity contribution in [2.75, 3.05) is 59.4 Å². The van der Waals surface area contributed by atoms with E-state index in [-0.39, 0.29) is 41.8 Å². The average Bonchev–Trinajstić information content (AvgIpc) is 3.23. The molecule has 2 aliphatic heterocycles. The monoisotopic (exact) mass is 508 g/mol. The van der Waals surface area contributed by atoms with Gasteiger partial charge in [-0.1, -0.05) is 6.92 Å². The predicted molar refractivity (Wildman–Crippen MR) is 123 cm³/mol. The van der Waals surface area contributed by atoms with Gasteiger partial charge in [0.25, 0.3) is 0 Å². The number of amides is 2. The van der Waals surface area contributed by atoms with Crippen molar-refractivity contribution >= 4 is 41.8 Å². The van der Waals surface area contributed by atoms with Crippen molar-refractivity contribution in [2.45, 2.75) is 45.6 Å². The highest BCUT2D eigenvalue weighted by Crippen LogP contribution is 2.14. The molecule has 2 aliphatic rings. The molecule has 2 fully saturated rings. The van der Waals surface area contributed by atoms with E-state index in [0.29, 0.717) is 13.0 Å². The first-order valence-electron chi connectivity index (χ1n) is 10.3. The van der Waals surface area contributed by atoms with Crippen LogP contribution in [0.15, 0.2) is 4.99 Å². The van der Waals surface area contributed by atoms with Crippen molar-refractivity contribution in [3.63, 3.8) is 0 Å². The van der Waals surface area contributed by atoms with Gasteiger partial charge in [0.05, 0.1) is 6.04 Å². The summed E-state index contributed by atoms with van der Waals surface area (Å²) in [4.78, 5) is 35.1. The zero-order valence-electron chi connectivity index (χ0n) is 17.6. The van der Waals surface area contributed by atoms with E-state index in [1.165, 1.54) is 0 Å². The van der Waals surface area contributed by atoms with E-state index >= 15 is 0 Å². The van der Waals surface area contributed by atoms with Crippen LogP contribution in [-0.2, 0) is 9.59 Å². The quantitative estimate of drug-likeness (QED) is 0.301. The number of piperazine rings is 1. The fourth-order valence-electron chi connectivity index (χ4n) is 3.65. The standard InChI is InChI=1S/C19H36N6O2.HI/c1-4-8-21-17(26)7-9-22-19(20-3)25-14-12-23(13-15-25)16(2)18(27)24-10-5-6-11-24;/h16H,4-15H2,1-3H3,(H,20,22)(H,21,26);1H. The molecule has 0 bridgehead atoms. The van der Waals surface area contributed by atoms with Crippen molar-refractivity contribution < 1.29 is 9.59 Å². The van der Waals surface area contributed by atoms with E-state index in [4.69, 9.17) is 0 Å². The highest BCUT2D eigenvalue weighted by atomic mass is 127. The van der Waals surface area contributed by atoms with Crippen molar-refractivity contribution in [3.05, 3.63) is 0 Å². The maximum absolute atomic E-state index is 12.6. The molecule has 0 radical (unpaired) electrons. The second kappa shape index (κ2) is 13.2. The minimum Gasteiger partial charge on any atom is -0.356 e. The molecule has 9 heteroatoms. The summed E-state index contributed by atoms with van der Waals surface area (Å²) in [7, 11) is 1.77. The highest BCUT2D eigenvalue weighted by Gasteiger charge is 2.30. The molecule has 28 heavy (non-hydrogen) atoms. The Morgan fingerprint density at radius 1 is 0.964 bits per heavy atom. The van der Waals surface area contributed by atoms with Crippen LogP contribution < -0.4 is 10.6 Å². The molecule has 0 aromatic rings. The third-order valence-corrected chi connectivity index (χ3v) is 5.36. The second-order valence-corrected chi connectivity index (χ2v) is 7.31. The Morgan fingerprint density at radius 2 is 1.61 bits per heavy atom. The number of likely N-dealkylation sites (tertiary alicyclic amines) is 1. The number of guanidine groups is 1. The van der Waals surface area contributed by atoms with Crippen LogP contribution in [0.5, 0.6) is 0 Å². The van der Waals surface area contributed by atoms with Crippen LogP contribution >= 0.6 is 24.0 Å². The molecule has 2 rings (SSSR count). The molecular formula is C19H37IN6O2. The fraction of sp³-hybridized carbons (Fsp3) is 0.842. The largest absolute Gasteiger partial charge is 0.356 e. The molecule has 2 amide bonds. The van der Waals surface area contributed by atoms with Gasteiger partial charge in [-0.05, 0) is 26.2 Å². The first kappa shape index (κ1) is 24.9. The SMILES string of the molecule is CCCNC(=O)CCNC(=NC)N1CCN(C(C)C(=O)N2CCCC2)CC1.I. The number of carbonyl (C=O) groups is 2. The summed E-state index contributed by atoms with van der Waals surface area (Å²) >= 11 is 0. The molecule has 0 aliphatic carbocycles. The molecule has 0 spiro atoms. The van der Waals surface area contributed by atoms with E-state index in [1.807, 2.05) is 18.7 Å². The summed E-state index contributed by atoms with van der Waals surface area (Å²) in [6.07, 6.45) is 3.65. The van der Waals surface area contributed by atoms with Gasteiger partial charge in [-0.2, -0.15) is 0 Å². The normalized spacial score (nSPS) is 19.2. The van der Waals surface area contributed by atoms with Gasteiger partial charge in [-0.3, -0.25) is 19.5 Å². The number of hydrogen-bond acceptors (Lipinski definition) is 4. The molecule has 1 unspecified atom stereocenters. The number of rotatable bonds is 7. The van der Waals surface area contributed by atoms with Crippen LogP contribution in [0, 0.1) is 0 Å². The number of aliphatic imine (C=N–C) groups is 1. The summed E-state index contributed by atoms with van der Waals surface area (Å²) < 4.78 is 0. The Bertz CT molecular complexity index is 517. The molecule has 2 heterocycles. The maximum Gasteiger partial charge on any atom is 0.239 e. The molecular weight excluding hydrogens is 471 g/mol. The van der Waals surface area contributed by atoms with Crippen LogP contribution in [0.25, 0.3) is 0 Å². The van der Waals surface area contributed by atoms with E-state index in [0.717, 1.165) is 71.0 Å². The van der Waals surface area contributed by atoms with Crippen LogP contribution in [0.2, 0.25) is 0 Å². The number of nitrogens with one attached hydrogen (secondary N) is 2. The van der Waals surface area contributed by atoms with Crippen molar-refractivity contribution in [3.8, 4) is 0 Å². The molecule has 8 nitrogen and oxygen atoms in total. The zero-order chi connectivity index (χ0) is 19.6. The van der Waals surface area contributed by atoms with Crippen molar-refractivity contribution in [1.29, 1.82) is 0 Å². The molecule has 2 saturated heterocycles. The van der Waals surface area contributed by atoms with E-state index in [1.54, 1.807) is 7.05 Å². The van der Waals surface area contributed by atoms with Gasteiger partial charge in [0.1, 0.15) is 0 Å². The lowest BCUT2D eigenvalue weighted by Crippen LogP contribution is -2.57. The number of hydrogen-bond donors (Lipinski definition) is 2. The lowest BCUT2D eigenvalue weighted by Gasteiger charge is -2.39. The molecule has 0 aromatic heterocycles. The van der Waals surface area contributed by atoms with Gasteiger partial charge in [-0.15, -0.1) is 24.0 Å². The Hall–Kier alpha value is -1.10.